The maximum Gasteiger partial charge on any atom is 0.193 e. The van der Waals surface area contributed by atoms with E-state index < -0.39 is 0 Å². The van der Waals surface area contributed by atoms with Crippen molar-refractivity contribution in [3.05, 3.63) is 53.7 Å². The van der Waals surface area contributed by atoms with Crippen molar-refractivity contribution >= 4 is 29.9 Å². The van der Waals surface area contributed by atoms with Crippen molar-refractivity contribution in [3.8, 4) is 0 Å². The van der Waals surface area contributed by atoms with Crippen LogP contribution in [0.2, 0.25) is 0 Å². The highest BCUT2D eigenvalue weighted by atomic mass is 127. The number of hydrogen-bond acceptors (Lipinski definition) is 5. The Morgan fingerprint density at radius 3 is 2.62 bits per heavy atom. The van der Waals surface area contributed by atoms with Gasteiger partial charge in [-0.25, -0.2) is 4.39 Å². The summed E-state index contributed by atoms with van der Waals surface area (Å²) in [6.45, 7) is 5.12. The Bertz CT molecular complexity index is 762. The zero-order chi connectivity index (χ0) is 19.9. The van der Waals surface area contributed by atoms with E-state index in [1.54, 1.807) is 25.4 Å². The van der Waals surface area contributed by atoms with Crippen molar-refractivity contribution in [2.24, 2.45) is 4.99 Å². The van der Waals surface area contributed by atoms with E-state index in [2.05, 4.69) is 30.2 Å². The largest absolute Gasteiger partial charge is 0.364 e. The molecule has 2 heterocycles. The average molecular weight is 516 g/mol. The molecule has 3 rings (SSSR count). The molecule has 0 aliphatic carbocycles. The number of hydrogen-bond donors (Lipinski definition) is 1. The number of aromatic nitrogens is 1. The highest BCUT2D eigenvalue weighted by molar-refractivity contribution is 14.0. The van der Waals surface area contributed by atoms with Gasteiger partial charge in [0.05, 0.1) is 11.7 Å². The Labute approximate surface area is 188 Å². The molecule has 0 radical (unpaired) electrons. The van der Waals surface area contributed by atoms with Crippen molar-refractivity contribution in [2.45, 2.75) is 12.6 Å². The molecule has 0 amide bonds. The molecule has 9 heteroatoms. The fourth-order valence-electron chi connectivity index (χ4n) is 3.50. The summed E-state index contributed by atoms with van der Waals surface area (Å²) in [6, 6.07) is 8.74. The lowest BCUT2D eigenvalue weighted by Gasteiger charge is -2.37. The molecule has 160 valence electrons. The van der Waals surface area contributed by atoms with Crippen molar-refractivity contribution in [3.63, 3.8) is 0 Å². The fraction of sp³-hybridized carbons (Fsp3) is 0.500. The first-order valence-corrected chi connectivity index (χ1v) is 9.56. The first-order valence-electron chi connectivity index (χ1n) is 9.56. The van der Waals surface area contributed by atoms with Gasteiger partial charge in [-0.1, -0.05) is 17.3 Å². The van der Waals surface area contributed by atoms with Gasteiger partial charge in [0.2, 0.25) is 0 Å². The number of piperazine rings is 1. The van der Waals surface area contributed by atoms with Crippen LogP contribution in [0, 0.1) is 5.82 Å². The summed E-state index contributed by atoms with van der Waals surface area (Å²) >= 11 is 0. The molecule has 2 aromatic rings. The predicted molar refractivity (Wildman–Crippen MR) is 123 cm³/mol. The van der Waals surface area contributed by atoms with E-state index in [1.807, 2.05) is 26.2 Å². The van der Waals surface area contributed by atoms with Gasteiger partial charge in [0.1, 0.15) is 12.1 Å². The molecular weight excluding hydrogens is 486 g/mol. The number of benzene rings is 1. The lowest BCUT2D eigenvalue weighted by atomic mass is 10.1. The number of aliphatic imine (C=N–C) groups is 1. The van der Waals surface area contributed by atoms with E-state index in [0.717, 1.165) is 49.9 Å². The molecule has 1 aliphatic rings. The van der Waals surface area contributed by atoms with Gasteiger partial charge in [0, 0.05) is 52.4 Å². The minimum atomic E-state index is -0.211. The molecule has 7 nitrogen and oxygen atoms in total. The number of nitrogens with one attached hydrogen (secondary N) is 1. The zero-order valence-corrected chi connectivity index (χ0v) is 19.5. The summed E-state index contributed by atoms with van der Waals surface area (Å²) in [6.07, 6.45) is 1.61. The van der Waals surface area contributed by atoms with Crippen LogP contribution in [0.1, 0.15) is 17.3 Å². The molecule has 1 fully saturated rings. The minimum absolute atomic E-state index is 0. The normalized spacial score (nSPS) is 16.6. The van der Waals surface area contributed by atoms with Gasteiger partial charge in [-0.2, -0.15) is 0 Å². The Hall–Kier alpha value is -1.72. The molecule has 0 spiro atoms. The van der Waals surface area contributed by atoms with Crippen LogP contribution in [0.5, 0.6) is 0 Å². The van der Waals surface area contributed by atoms with E-state index >= 15 is 0 Å². The first kappa shape index (κ1) is 23.6. The molecule has 1 atom stereocenters. The SMILES string of the molecule is CN=C(NCC(c1cccc(F)c1)N(C)C)N1CCN(Cc2ccon2)CC1.I. The highest BCUT2D eigenvalue weighted by Crippen LogP contribution is 2.18. The van der Waals surface area contributed by atoms with Gasteiger partial charge in [0.15, 0.2) is 5.96 Å². The maximum atomic E-state index is 13.6. The topological polar surface area (TPSA) is 60.1 Å². The van der Waals surface area contributed by atoms with Crippen LogP contribution < -0.4 is 5.32 Å². The highest BCUT2D eigenvalue weighted by Gasteiger charge is 2.22. The number of guanidine groups is 1. The number of likely N-dealkylation sites (N-methyl/N-ethyl adjacent to an activating group) is 1. The van der Waals surface area contributed by atoms with Crippen molar-refractivity contribution in [1.29, 1.82) is 0 Å². The van der Waals surface area contributed by atoms with Crippen LogP contribution in [-0.2, 0) is 6.54 Å². The second-order valence-electron chi connectivity index (χ2n) is 7.22. The fourth-order valence-corrected chi connectivity index (χ4v) is 3.50. The number of nitrogens with zero attached hydrogens (tertiary/aromatic N) is 5. The third kappa shape index (κ3) is 6.65. The van der Waals surface area contributed by atoms with Crippen molar-refractivity contribution in [2.75, 3.05) is 53.9 Å². The van der Waals surface area contributed by atoms with Gasteiger partial charge in [-0.05, 0) is 31.8 Å². The van der Waals surface area contributed by atoms with Crippen molar-refractivity contribution < 1.29 is 8.91 Å². The van der Waals surface area contributed by atoms with Gasteiger partial charge < -0.3 is 19.6 Å². The minimum Gasteiger partial charge on any atom is -0.364 e. The van der Waals surface area contributed by atoms with Gasteiger partial charge in [-0.15, -0.1) is 24.0 Å². The van der Waals surface area contributed by atoms with E-state index in [-0.39, 0.29) is 35.8 Å². The Kier molecular flexibility index (Phi) is 9.31. The average Bonchev–Trinajstić information content (AvgIpc) is 3.19. The van der Waals surface area contributed by atoms with Gasteiger partial charge in [0.25, 0.3) is 0 Å². The third-order valence-corrected chi connectivity index (χ3v) is 5.07. The molecule has 1 aromatic heterocycles. The molecular formula is C20H30FIN6O. The van der Waals surface area contributed by atoms with E-state index in [1.165, 1.54) is 6.07 Å². The molecule has 0 saturated carbocycles. The number of rotatable bonds is 6. The Balaban J connectivity index is 0.00000300. The summed E-state index contributed by atoms with van der Waals surface area (Å²) in [5, 5.41) is 7.45. The lowest BCUT2D eigenvalue weighted by Crippen LogP contribution is -2.53. The molecule has 1 aliphatic heterocycles. The summed E-state index contributed by atoms with van der Waals surface area (Å²) in [5.41, 5.74) is 1.91. The summed E-state index contributed by atoms with van der Waals surface area (Å²) in [7, 11) is 5.81. The quantitative estimate of drug-likeness (QED) is 0.362. The number of halogens is 2. The smallest absolute Gasteiger partial charge is 0.193 e. The summed E-state index contributed by atoms with van der Waals surface area (Å²) < 4.78 is 18.5. The second kappa shape index (κ2) is 11.5. The van der Waals surface area contributed by atoms with Crippen LogP contribution >= 0.6 is 24.0 Å². The molecule has 29 heavy (non-hydrogen) atoms. The van der Waals surface area contributed by atoms with Crippen molar-refractivity contribution in [1.82, 2.24) is 25.2 Å². The zero-order valence-electron chi connectivity index (χ0n) is 17.2. The van der Waals surface area contributed by atoms with Crippen LogP contribution in [0.15, 0.2) is 46.1 Å². The standard InChI is InChI=1S/C20H29FN6O.HI/c1-22-20(23-14-19(25(2)3)16-5-4-6-17(21)13-16)27-10-8-26(9-11-27)15-18-7-12-28-24-18;/h4-7,12-13,19H,8-11,14-15H2,1-3H3,(H,22,23);1H. The van der Waals surface area contributed by atoms with E-state index in [0.29, 0.717) is 6.54 Å². The molecule has 0 bridgehead atoms. The predicted octanol–water partition coefficient (Wildman–Crippen LogP) is 2.43. The molecule has 1 saturated heterocycles. The third-order valence-electron chi connectivity index (χ3n) is 5.07. The molecule has 1 unspecified atom stereocenters. The summed E-state index contributed by atoms with van der Waals surface area (Å²) in [4.78, 5) is 11.2. The van der Waals surface area contributed by atoms with Crippen LogP contribution in [0.4, 0.5) is 4.39 Å². The van der Waals surface area contributed by atoms with E-state index in [4.69, 9.17) is 4.52 Å². The second-order valence-corrected chi connectivity index (χ2v) is 7.22. The molecule has 1 N–H and O–H groups in total. The monoisotopic (exact) mass is 516 g/mol. The van der Waals surface area contributed by atoms with Crippen LogP contribution in [0.25, 0.3) is 0 Å². The molecule has 1 aromatic carbocycles. The van der Waals surface area contributed by atoms with Crippen LogP contribution in [0.3, 0.4) is 0 Å². The van der Waals surface area contributed by atoms with Crippen LogP contribution in [-0.4, -0.2) is 79.7 Å². The lowest BCUT2D eigenvalue weighted by molar-refractivity contribution is 0.168. The maximum absolute atomic E-state index is 13.6. The summed E-state index contributed by atoms with van der Waals surface area (Å²) in [5.74, 6) is 0.668. The first-order chi connectivity index (χ1) is 13.6. The Morgan fingerprint density at radius 2 is 2.03 bits per heavy atom. The Morgan fingerprint density at radius 1 is 1.28 bits per heavy atom. The van der Waals surface area contributed by atoms with Gasteiger partial charge in [-0.3, -0.25) is 9.89 Å². The van der Waals surface area contributed by atoms with E-state index in [9.17, 15) is 4.39 Å². The van der Waals surface area contributed by atoms with Gasteiger partial charge >= 0.3 is 0 Å².